The number of nitrogens with one attached hydrogen (secondary N) is 1. The Balaban J connectivity index is 1.54. The number of hydrogen-bond donors (Lipinski definition) is 1. The molecule has 2 aromatic heterocycles. The van der Waals surface area contributed by atoms with Crippen molar-refractivity contribution in [3.63, 3.8) is 0 Å². The van der Waals surface area contributed by atoms with Crippen molar-refractivity contribution in [3.05, 3.63) is 74.3 Å². The maximum Gasteiger partial charge on any atom is 0.292 e. The highest BCUT2D eigenvalue weighted by Gasteiger charge is 2.24. The number of ether oxygens (including phenoxy) is 1. The molecule has 0 unspecified atom stereocenters. The number of halogens is 1. The van der Waals surface area contributed by atoms with Crippen LogP contribution >= 0.6 is 22.9 Å². The van der Waals surface area contributed by atoms with E-state index in [-0.39, 0.29) is 16.6 Å². The molecule has 3 heterocycles. The van der Waals surface area contributed by atoms with Crippen LogP contribution in [0.4, 0.5) is 5.69 Å². The Labute approximate surface area is 172 Å². The highest BCUT2D eigenvalue weighted by molar-refractivity contribution is 7.10. The number of para-hydroxylation sites is 1. The molecule has 6 nitrogen and oxygen atoms in total. The van der Waals surface area contributed by atoms with E-state index in [0.717, 1.165) is 26.3 Å². The first-order chi connectivity index (χ1) is 13.7. The van der Waals surface area contributed by atoms with Crippen molar-refractivity contribution < 1.29 is 4.74 Å². The van der Waals surface area contributed by atoms with Crippen LogP contribution in [0.25, 0.3) is 5.69 Å². The maximum atomic E-state index is 12.7. The lowest BCUT2D eigenvalue weighted by Crippen LogP contribution is -2.41. The van der Waals surface area contributed by atoms with E-state index in [4.69, 9.17) is 16.3 Å². The van der Waals surface area contributed by atoms with E-state index in [1.807, 2.05) is 30.3 Å². The van der Waals surface area contributed by atoms with Gasteiger partial charge in [-0.3, -0.25) is 9.69 Å². The molecule has 1 N–H and O–H groups in total. The van der Waals surface area contributed by atoms with E-state index in [2.05, 4.69) is 32.8 Å². The summed E-state index contributed by atoms with van der Waals surface area (Å²) in [6.45, 7) is 3.86. The van der Waals surface area contributed by atoms with Gasteiger partial charge >= 0.3 is 0 Å². The van der Waals surface area contributed by atoms with E-state index in [9.17, 15) is 4.79 Å². The van der Waals surface area contributed by atoms with E-state index in [0.29, 0.717) is 17.9 Å². The van der Waals surface area contributed by atoms with Gasteiger partial charge in [-0.25, -0.2) is 0 Å². The lowest BCUT2D eigenvalue weighted by Gasteiger charge is -2.34. The SMILES string of the molecule is O=c1c(Cl)c(NC[C@@H](c2cccs2)N2CCOCC2)cnn1-c1ccccc1. The molecular formula is C20H21ClN4O2S. The molecule has 1 saturated heterocycles. The van der Waals surface area contributed by atoms with Crippen molar-refractivity contribution >= 4 is 28.6 Å². The summed E-state index contributed by atoms with van der Waals surface area (Å²) in [5, 5.41) is 9.85. The fraction of sp³-hybridized carbons (Fsp3) is 0.300. The minimum Gasteiger partial charge on any atom is -0.380 e. The van der Waals surface area contributed by atoms with Crippen LogP contribution in [0.15, 0.2) is 58.8 Å². The first kappa shape index (κ1) is 19.1. The molecule has 0 bridgehead atoms. The molecule has 146 valence electrons. The largest absolute Gasteiger partial charge is 0.380 e. The molecule has 0 amide bonds. The van der Waals surface area contributed by atoms with Crippen molar-refractivity contribution in [2.75, 3.05) is 38.2 Å². The first-order valence-corrected chi connectivity index (χ1v) is 10.4. The smallest absolute Gasteiger partial charge is 0.292 e. The van der Waals surface area contributed by atoms with E-state index < -0.39 is 0 Å². The third-order valence-corrected chi connectivity index (χ3v) is 6.10. The molecule has 0 aliphatic carbocycles. The lowest BCUT2D eigenvalue weighted by molar-refractivity contribution is 0.0194. The van der Waals surface area contributed by atoms with Crippen molar-refractivity contribution in [3.8, 4) is 5.69 Å². The van der Waals surface area contributed by atoms with Crippen LogP contribution in [0.2, 0.25) is 5.02 Å². The Hall–Kier alpha value is -2.19. The molecule has 0 saturated carbocycles. The van der Waals surface area contributed by atoms with Gasteiger partial charge in [0.25, 0.3) is 5.56 Å². The van der Waals surface area contributed by atoms with Crippen LogP contribution in [0, 0.1) is 0 Å². The monoisotopic (exact) mass is 416 g/mol. The zero-order chi connectivity index (χ0) is 19.3. The standard InChI is InChI=1S/C20H21ClN4O2S/c21-19-16(13-23-25(20(19)26)15-5-2-1-3-6-15)22-14-17(18-7-4-12-28-18)24-8-10-27-11-9-24/h1-7,12-13,17,22H,8-11,14H2/t17-/m0/s1. The minimum absolute atomic E-state index is 0.144. The molecule has 1 aliphatic heterocycles. The third-order valence-electron chi connectivity index (χ3n) is 4.76. The molecule has 28 heavy (non-hydrogen) atoms. The fourth-order valence-electron chi connectivity index (χ4n) is 3.30. The number of anilines is 1. The molecule has 1 aliphatic rings. The molecule has 4 rings (SSSR count). The summed E-state index contributed by atoms with van der Waals surface area (Å²) in [5.41, 5.74) is 0.899. The van der Waals surface area contributed by atoms with Gasteiger partial charge in [0.15, 0.2) is 0 Å². The Kier molecular flexibility index (Phi) is 6.07. The number of rotatable bonds is 6. The molecule has 1 fully saturated rings. The molecule has 1 atom stereocenters. The fourth-order valence-corrected chi connectivity index (χ4v) is 4.35. The summed E-state index contributed by atoms with van der Waals surface area (Å²) >= 11 is 8.11. The number of nitrogens with zero attached hydrogens (tertiary/aromatic N) is 3. The van der Waals surface area contributed by atoms with E-state index in [1.54, 1.807) is 17.5 Å². The van der Waals surface area contributed by atoms with Crippen LogP contribution in [0.1, 0.15) is 10.9 Å². The van der Waals surface area contributed by atoms with Crippen LogP contribution in [-0.4, -0.2) is 47.5 Å². The molecule has 0 spiro atoms. The highest BCUT2D eigenvalue weighted by Crippen LogP contribution is 2.27. The number of hydrogen-bond acceptors (Lipinski definition) is 6. The van der Waals surface area contributed by atoms with E-state index in [1.165, 1.54) is 9.56 Å². The van der Waals surface area contributed by atoms with Gasteiger partial charge in [-0.05, 0) is 23.6 Å². The number of morpholine rings is 1. The second-order valence-electron chi connectivity index (χ2n) is 6.49. The zero-order valence-electron chi connectivity index (χ0n) is 15.3. The van der Waals surface area contributed by atoms with Gasteiger partial charge in [0, 0.05) is 24.5 Å². The second kappa shape index (κ2) is 8.87. The highest BCUT2D eigenvalue weighted by atomic mass is 35.5. The van der Waals surface area contributed by atoms with Gasteiger partial charge < -0.3 is 10.1 Å². The van der Waals surface area contributed by atoms with Gasteiger partial charge in [0.05, 0.1) is 36.8 Å². The van der Waals surface area contributed by atoms with Crippen LogP contribution in [0.3, 0.4) is 0 Å². The molecule has 3 aromatic rings. The quantitative estimate of drug-likeness (QED) is 0.667. The Morgan fingerprint density at radius 3 is 2.68 bits per heavy atom. The van der Waals surface area contributed by atoms with Gasteiger partial charge in [-0.2, -0.15) is 9.78 Å². The molecule has 0 radical (unpaired) electrons. The van der Waals surface area contributed by atoms with Crippen LogP contribution in [-0.2, 0) is 4.74 Å². The Morgan fingerprint density at radius 1 is 1.18 bits per heavy atom. The second-order valence-corrected chi connectivity index (χ2v) is 7.84. The number of thiophene rings is 1. The van der Waals surface area contributed by atoms with Crippen molar-refractivity contribution in [1.29, 1.82) is 0 Å². The van der Waals surface area contributed by atoms with Crippen LogP contribution < -0.4 is 10.9 Å². The van der Waals surface area contributed by atoms with Crippen molar-refractivity contribution in [1.82, 2.24) is 14.7 Å². The predicted octanol–water partition coefficient (Wildman–Crippen LogP) is 3.43. The zero-order valence-corrected chi connectivity index (χ0v) is 16.8. The predicted molar refractivity (Wildman–Crippen MR) is 113 cm³/mol. The van der Waals surface area contributed by atoms with Gasteiger partial charge in [-0.15, -0.1) is 11.3 Å². The van der Waals surface area contributed by atoms with Crippen LogP contribution in [0.5, 0.6) is 0 Å². The molecular weight excluding hydrogens is 396 g/mol. The van der Waals surface area contributed by atoms with Gasteiger partial charge in [0.1, 0.15) is 5.02 Å². The third kappa shape index (κ3) is 4.12. The van der Waals surface area contributed by atoms with E-state index >= 15 is 0 Å². The topological polar surface area (TPSA) is 59.4 Å². The first-order valence-electron chi connectivity index (χ1n) is 9.16. The summed E-state index contributed by atoms with van der Waals surface area (Å²) in [5.74, 6) is 0. The lowest BCUT2D eigenvalue weighted by atomic mass is 10.2. The normalized spacial score (nSPS) is 16.0. The number of aromatic nitrogens is 2. The van der Waals surface area contributed by atoms with Crippen molar-refractivity contribution in [2.45, 2.75) is 6.04 Å². The average molecular weight is 417 g/mol. The van der Waals surface area contributed by atoms with Crippen molar-refractivity contribution in [2.24, 2.45) is 0 Å². The minimum atomic E-state index is -0.336. The summed E-state index contributed by atoms with van der Waals surface area (Å²) in [6, 6.07) is 13.6. The summed E-state index contributed by atoms with van der Waals surface area (Å²) < 4.78 is 6.80. The molecule has 1 aromatic carbocycles. The maximum absolute atomic E-state index is 12.7. The Morgan fingerprint density at radius 2 is 1.96 bits per heavy atom. The average Bonchev–Trinajstić information content (AvgIpc) is 3.27. The van der Waals surface area contributed by atoms with Gasteiger partial charge in [0.2, 0.25) is 0 Å². The Bertz CT molecular complexity index is 956. The van der Waals surface area contributed by atoms with Gasteiger partial charge in [-0.1, -0.05) is 35.9 Å². The summed E-state index contributed by atoms with van der Waals surface area (Å²) in [6.07, 6.45) is 1.61. The molecule has 8 heteroatoms. The number of benzene rings is 1. The summed E-state index contributed by atoms with van der Waals surface area (Å²) in [4.78, 5) is 16.3. The summed E-state index contributed by atoms with van der Waals surface area (Å²) in [7, 11) is 0.